The van der Waals surface area contributed by atoms with Crippen molar-refractivity contribution in [2.45, 2.75) is 45.6 Å². The first-order chi connectivity index (χ1) is 15.4. The van der Waals surface area contributed by atoms with E-state index in [-0.39, 0.29) is 19.1 Å². The minimum atomic E-state index is -0.597. The first-order valence-corrected chi connectivity index (χ1v) is 11.2. The van der Waals surface area contributed by atoms with Crippen molar-refractivity contribution < 1.29 is 19.7 Å². The van der Waals surface area contributed by atoms with Gasteiger partial charge in [-0.05, 0) is 67.2 Å². The zero-order valence-corrected chi connectivity index (χ0v) is 18.9. The number of aliphatic hydroxyl groups is 3. The quantitative estimate of drug-likeness (QED) is 0.461. The lowest BCUT2D eigenvalue weighted by molar-refractivity contribution is 0.143. The van der Waals surface area contributed by atoms with Gasteiger partial charge in [0.2, 0.25) is 0 Å². The van der Waals surface area contributed by atoms with Gasteiger partial charge in [-0.3, -0.25) is 4.98 Å². The van der Waals surface area contributed by atoms with Gasteiger partial charge in [-0.25, -0.2) is 0 Å². The molecule has 5 nitrogen and oxygen atoms in total. The molecule has 1 aromatic carbocycles. The molecule has 32 heavy (non-hydrogen) atoms. The highest BCUT2D eigenvalue weighted by Gasteiger charge is 2.49. The van der Waals surface area contributed by atoms with Gasteiger partial charge in [0, 0.05) is 23.1 Å². The molecule has 1 saturated carbocycles. The van der Waals surface area contributed by atoms with Gasteiger partial charge in [0.15, 0.2) is 0 Å². The van der Waals surface area contributed by atoms with Crippen molar-refractivity contribution in [2.75, 3.05) is 13.2 Å². The second-order valence-corrected chi connectivity index (χ2v) is 8.85. The Hall–Kier alpha value is -2.73. The molecule has 5 heteroatoms. The number of allylic oxidation sites excluding steroid dienone is 1. The molecule has 3 aromatic rings. The van der Waals surface area contributed by atoms with E-state index in [9.17, 15) is 15.3 Å². The Labute approximate surface area is 189 Å². The third-order valence-electron chi connectivity index (χ3n) is 6.76. The van der Waals surface area contributed by atoms with Crippen LogP contribution in [0.25, 0.3) is 16.9 Å². The number of aliphatic hydroxyl groups excluding tert-OH is 3. The van der Waals surface area contributed by atoms with Gasteiger partial charge in [-0.15, -0.1) is 0 Å². The van der Waals surface area contributed by atoms with Crippen molar-refractivity contribution in [1.82, 2.24) is 4.98 Å². The maximum Gasteiger partial charge on any atom is 0.134 e. The van der Waals surface area contributed by atoms with E-state index >= 15 is 0 Å². The fraction of sp³-hybridized carbons (Fsp3) is 0.370. The minimum Gasteiger partial charge on any atom is -0.464 e. The van der Waals surface area contributed by atoms with E-state index in [0.29, 0.717) is 5.69 Å². The van der Waals surface area contributed by atoms with Crippen LogP contribution >= 0.6 is 0 Å². The van der Waals surface area contributed by atoms with Gasteiger partial charge in [-0.1, -0.05) is 36.8 Å². The number of furan rings is 1. The van der Waals surface area contributed by atoms with E-state index in [4.69, 9.17) is 4.42 Å². The number of pyridine rings is 1. The highest BCUT2D eigenvalue weighted by molar-refractivity contribution is 5.74. The molecule has 0 spiro atoms. The van der Waals surface area contributed by atoms with Crippen LogP contribution in [0.2, 0.25) is 0 Å². The van der Waals surface area contributed by atoms with E-state index in [1.807, 2.05) is 37.5 Å². The summed E-state index contributed by atoms with van der Waals surface area (Å²) in [5.41, 5.74) is 6.80. The predicted molar refractivity (Wildman–Crippen MR) is 125 cm³/mol. The number of hydrogen-bond donors (Lipinski definition) is 3. The maximum absolute atomic E-state index is 9.87. The van der Waals surface area contributed by atoms with Crippen LogP contribution in [0.3, 0.4) is 0 Å². The highest BCUT2D eigenvalue weighted by Crippen LogP contribution is 2.54. The standard InChI is InChI=1S/C27H31NO4/c1-4-23(21-9-10-28-25(11-21)18(3)31)22-12-26(32-14-22)20-7-5-19(6-8-20)17(2)24-13-27(24,15-29)16-30/h5-12,14,18,23,29-31H,4,13,15-16H2,1-3H3/b24-17+/t18-,23-/m0/s1. The van der Waals surface area contributed by atoms with Crippen LogP contribution in [0.4, 0.5) is 0 Å². The SMILES string of the molecule is CC[C@@H](c1ccnc([C@H](C)O)c1)c1coc(-c2ccc(/C(C)=C3\CC3(CO)CO)cc2)c1. The molecule has 3 N–H and O–H groups in total. The molecular weight excluding hydrogens is 402 g/mol. The third-order valence-corrected chi connectivity index (χ3v) is 6.76. The first kappa shape index (κ1) is 22.5. The average Bonchev–Trinajstić information content (AvgIpc) is 3.37. The van der Waals surface area contributed by atoms with Crippen LogP contribution < -0.4 is 0 Å². The van der Waals surface area contributed by atoms with Crippen molar-refractivity contribution in [2.24, 2.45) is 5.41 Å². The number of rotatable bonds is 8. The fourth-order valence-electron chi connectivity index (χ4n) is 4.50. The number of aromatic nitrogens is 1. The van der Waals surface area contributed by atoms with E-state index in [1.165, 1.54) is 0 Å². The Bertz CT molecular complexity index is 1110. The van der Waals surface area contributed by atoms with Crippen LogP contribution in [-0.2, 0) is 0 Å². The lowest BCUT2D eigenvalue weighted by atomic mass is 9.90. The molecule has 168 valence electrons. The molecule has 0 radical (unpaired) electrons. The van der Waals surface area contributed by atoms with Gasteiger partial charge < -0.3 is 19.7 Å². The van der Waals surface area contributed by atoms with E-state index in [0.717, 1.165) is 52.0 Å². The van der Waals surface area contributed by atoms with Crippen LogP contribution in [0.1, 0.15) is 68.0 Å². The van der Waals surface area contributed by atoms with Gasteiger partial charge in [0.05, 0.1) is 31.3 Å². The van der Waals surface area contributed by atoms with Crippen molar-refractivity contribution in [3.8, 4) is 11.3 Å². The van der Waals surface area contributed by atoms with Gasteiger partial charge in [0.1, 0.15) is 5.76 Å². The number of nitrogens with zero attached hydrogens (tertiary/aromatic N) is 1. The Morgan fingerprint density at radius 1 is 1.09 bits per heavy atom. The van der Waals surface area contributed by atoms with Crippen molar-refractivity contribution in [1.29, 1.82) is 0 Å². The van der Waals surface area contributed by atoms with E-state index in [1.54, 1.807) is 13.1 Å². The van der Waals surface area contributed by atoms with Crippen LogP contribution in [-0.4, -0.2) is 33.5 Å². The van der Waals surface area contributed by atoms with E-state index < -0.39 is 11.5 Å². The molecule has 0 unspecified atom stereocenters. The lowest BCUT2D eigenvalue weighted by Crippen LogP contribution is -2.12. The maximum atomic E-state index is 9.87. The second-order valence-electron chi connectivity index (χ2n) is 8.85. The summed E-state index contributed by atoms with van der Waals surface area (Å²) < 4.78 is 5.92. The molecule has 2 atom stereocenters. The molecule has 0 saturated heterocycles. The summed E-state index contributed by atoms with van der Waals surface area (Å²) in [6.07, 6.45) is 4.62. The van der Waals surface area contributed by atoms with Crippen molar-refractivity contribution >= 4 is 5.57 Å². The summed E-state index contributed by atoms with van der Waals surface area (Å²) in [5, 5.41) is 29.0. The van der Waals surface area contributed by atoms with Crippen LogP contribution in [0, 0.1) is 5.41 Å². The molecule has 4 rings (SSSR count). The highest BCUT2D eigenvalue weighted by atomic mass is 16.3. The Balaban J connectivity index is 1.56. The molecule has 2 aromatic heterocycles. The lowest BCUT2D eigenvalue weighted by Gasteiger charge is -2.15. The monoisotopic (exact) mass is 433 g/mol. The summed E-state index contributed by atoms with van der Waals surface area (Å²) in [5.74, 6) is 0.978. The molecule has 1 aliphatic rings. The van der Waals surface area contributed by atoms with Crippen LogP contribution in [0.5, 0.6) is 0 Å². The second kappa shape index (κ2) is 9.02. The summed E-state index contributed by atoms with van der Waals surface area (Å²) in [4.78, 5) is 4.26. The van der Waals surface area contributed by atoms with Crippen LogP contribution in [0.15, 0.2) is 64.9 Å². The van der Waals surface area contributed by atoms with Crippen molar-refractivity contribution in [3.05, 3.63) is 82.9 Å². The smallest absolute Gasteiger partial charge is 0.134 e. The number of benzene rings is 1. The minimum absolute atomic E-state index is 0.0157. The average molecular weight is 434 g/mol. The number of hydrogen-bond acceptors (Lipinski definition) is 5. The van der Waals surface area contributed by atoms with Gasteiger partial charge in [0.25, 0.3) is 0 Å². The van der Waals surface area contributed by atoms with Crippen molar-refractivity contribution in [3.63, 3.8) is 0 Å². The normalized spacial score (nSPS) is 18.3. The zero-order valence-electron chi connectivity index (χ0n) is 18.9. The largest absolute Gasteiger partial charge is 0.464 e. The third kappa shape index (κ3) is 4.16. The first-order valence-electron chi connectivity index (χ1n) is 11.2. The Morgan fingerprint density at radius 3 is 2.41 bits per heavy atom. The summed E-state index contributed by atoms with van der Waals surface area (Å²) in [6.45, 7) is 5.88. The Kier molecular flexibility index (Phi) is 6.33. The summed E-state index contributed by atoms with van der Waals surface area (Å²) in [7, 11) is 0. The molecule has 0 amide bonds. The summed E-state index contributed by atoms with van der Waals surface area (Å²) in [6, 6.07) is 14.3. The molecule has 0 aliphatic heterocycles. The topological polar surface area (TPSA) is 86.7 Å². The molecule has 2 heterocycles. The molecule has 0 bridgehead atoms. The van der Waals surface area contributed by atoms with E-state index in [2.05, 4.69) is 30.1 Å². The van der Waals surface area contributed by atoms with Gasteiger partial charge >= 0.3 is 0 Å². The predicted octanol–water partition coefficient (Wildman–Crippen LogP) is 5.09. The molecule has 1 aliphatic carbocycles. The summed E-state index contributed by atoms with van der Waals surface area (Å²) >= 11 is 0. The fourth-order valence-corrected chi connectivity index (χ4v) is 4.50. The zero-order chi connectivity index (χ0) is 22.9. The molecule has 1 fully saturated rings. The van der Waals surface area contributed by atoms with Gasteiger partial charge in [-0.2, -0.15) is 0 Å². The molecular formula is C27H31NO4. The Morgan fingerprint density at radius 2 is 1.81 bits per heavy atom.